The standard InChI is InChI=1S/C14H13N3OS/c1-9-7-18-14-12(9)13(15-8-16-14)17-10-3-5-11(19-2)6-4-10/h3-8H,1-2H3,(H,15,16,17). The maximum Gasteiger partial charge on any atom is 0.231 e. The molecule has 0 atom stereocenters. The highest BCUT2D eigenvalue weighted by Crippen LogP contribution is 2.27. The number of anilines is 2. The first-order chi connectivity index (χ1) is 9.28. The molecule has 1 N–H and O–H groups in total. The van der Waals surface area contributed by atoms with Gasteiger partial charge < -0.3 is 9.73 Å². The molecule has 0 unspecified atom stereocenters. The van der Waals surface area contributed by atoms with Crippen LogP contribution in [-0.2, 0) is 0 Å². The number of rotatable bonds is 3. The number of furan rings is 1. The molecule has 1 aromatic carbocycles. The van der Waals surface area contributed by atoms with Gasteiger partial charge in [-0.15, -0.1) is 11.8 Å². The van der Waals surface area contributed by atoms with Crippen LogP contribution in [0.4, 0.5) is 11.5 Å². The summed E-state index contributed by atoms with van der Waals surface area (Å²) >= 11 is 1.72. The van der Waals surface area contributed by atoms with Crippen molar-refractivity contribution in [2.75, 3.05) is 11.6 Å². The molecule has 4 nitrogen and oxygen atoms in total. The van der Waals surface area contributed by atoms with Crippen LogP contribution in [0.3, 0.4) is 0 Å². The van der Waals surface area contributed by atoms with Crippen LogP contribution in [-0.4, -0.2) is 16.2 Å². The first-order valence-electron chi connectivity index (χ1n) is 5.88. The first-order valence-corrected chi connectivity index (χ1v) is 7.10. The Morgan fingerprint density at radius 2 is 1.95 bits per heavy atom. The SMILES string of the molecule is CSc1ccc(Nc2ncnc3occ(C)c23)cc1. The molecule has 0 radical (unpaired) electrons. The third kappa shape index (κ3) is 2.29. The minimum Gasteiger partial charge on any atom is -0.446 e. The molecule has 3 rings (SSSR count). The molecule has 2 heterocycles. The molecule has 0 saturated heterocycles. The van der Waals surface area contributed by atoms with E-state index in [1.165, 1.54) is 11.2 Å². The zero-order valence-corrected chi connectivity index (χ0v) is 11.5. The van der Waals surface area contributed by atoms with Crippen molar-refractivity contribution in [2.45, 2.75) is 11.8 Å². The summed E-state index contributed by atoms with van der Waals surface area (Å²) in [6.45, 7) is 1.98. The summed E-state index contributed by atoms with van der Waals surface area (Å²) in [6.07, 6.45) is 5.26. The van der Waals surface area contributed by atoms with Crippen molar-refractivity contribution in [3.8, 4) is 0 Å². The first kappa shape index (κ1) is 12.0. The van der Waals surface area contributed by atoms with Crippen LogP contribution in [0, 0.1) is 6.92 Å². The lowest BCUT2D eigenvalue weighted by atomic mass is 10.2. The third-order valence-electron chi connectivity index (χ3n) is 2.91. The summed E-state index contributed by atoms with van der Waals surface area (Å²) in [4.78, 5) is 9.64. The fraction of sp³-hybridized carbons (Fsp3) is 0.143. The van der Waals surface area contributed by atoms with Gasteiger partial charge in [-0.3, -0.25) is 0 Å². The number of hydrogen-bond donors (Lipinski definition) is 1. The molecule has 2 aromatic heterocycles. The summed E-state index contributed by atoms with van der Waals surface area (Å²) in [6, 6.07) is 8.23. The van der Waals surface area contributed by atoms with Crippen LogP contribution in [0.25, 0.3) is 11.1 Å². The summed E-state index contributed by atoms with van der Waals surface area (Å²) in [5.74, 6) is 0.771. The van der Waals surface area contributed by atoms with Crippen molar-refractivity contribution in [1.82, 2.24) is 9.97 Å². The largest absolute Gasteiger partial charge is 0.446 e. The number of nitrogens with zero attached hydrogens (tertiary/aromatic N) is 2. The zero-order chi connectivity index (χ0) is 13.2. The number of nitrogens with one attached hydrogen (secondary N) is 1. The van der Waals surface area contributed by atoms with E-state index in [1.54, 1.807) is 18.0 Å². The molecule has 3 aromatic rings. The van der Waals surface area contributed by atoms with Crippen molar-refractivity contribution in [2.24, 2.45) is 0 Å². The lowest BCUT2D eigenvalue weighted by Gasteiger charge is -2.07. The van der Waals surface area contributed by atoms with Gasteiger partial charge in [0.15, 0.2) is 0 Å². The maximum atomic E-state index is 5.37. The van der Waals surface area contributed by atoms with E-state index in [9.17, 15) is 0 Å². The normalized spacial score (nSPS) is 10.8. The third-order valence-corrected chi connectivity index (χ3v) is 3.65. The zero-order valence-electron chi connectivity index (χ0n) is 10.7. The van der Waals surface area contributed by atoms with Crippen molar-refractivity contribution >= 4 is 34.4 Å². The van der Waals surface area contributed by atoms with Crippen LogP contribution in [0.5, 0.6) is 0 Å². The molecule has 0 saturated carbocycles. The van der Waals surface area contributed by atoms with Gasteiger partial charge >= 0.3 is 0 Å². The van der Waals surface area contributed by atoms with Crippen molar-refractivity contribution in [3.63, 3.8) is 0 Å². The van der Waals surface area contributed by atoms with Gasteiger partial charge in [-0.25, -0.2) is 9.97 Å². The van der Waals surface area contributed by atoms with Gasteiger partial charge in [-0.1, -0.05) is 0 Å². The minimum atomic E-state index is 0.607. The van der Waals surface area contributed by atoms with E-state index in [1.807, 2.05) is 19.1 Å². The number of fused-ring (bicyclic) bond motifs is 1. The summed E-state index contributed by atoms with van der Waals surface area (Å²) < 4.78 is 5.37. The van der Waals surface area contributed by atoms with E-state index in [-0.39, 0.29) is 0 Å². The van der Waals surface area contributed by atoms with Crippen LogP contribution in [0.1, 0.15) is 5.56 Å². The molecule has 0 aliphatic heterocycles. The van der Waals surface area contributed by atoms with E-state index < -0.39 is 0 Å². The van der Waals surface area contributed by atoms with E-state index in [4.69, 9.17) is 4.42 Å². The fourth-order valence-electron chi connectivity index (χ4n) is 1.92. The lowest BCUT2D eigenvalue weighted by molar-refractivity contribution is 0.600. The summed E-state index contributed by atoms with van der Waals surface area (Å²) in [5.41, 5.74) is 2.63. The predicted molar refractivity (Wildman–Crippen MR) is 78.0 cm³/mol. The van der Waals surface area contributed by atoms with Crippen LogP contribution in [0.2, 0.25) is 0 Å². The Kier molecular flexibility index (Phi) is 3.13. The Labute approximate surface area is 115 Å². The second-order valence-electron chi connectivity index (χ2n) is 4.17. The second kappa shape index (κ2) is 4.93. The smallest absolute Gasteiger partial charge is 0.231 e. The Bertz CT molecular complexity index is 706. The highest BCUT2D eigenvalue weighted by molar-refractivity contribution is 7.98. The molecule has 0 aliphatic carbocycles. The number of aromatic nitrogens is 2. The van der Waals surface area contributed by atoms with Gasteiger partial charge in [0, 0.05) is 16.1 Å². The quantitative estimate of drug-likeness (QED) is 0.730. The molecule has 0 spiro atoms. The van der Waals surface area contributed by atoms with Gasteiger partial charge in [0.1, 0.15) is 12.1 Å². The van der Waals surface area contributed by atoms with Crippen molar-refractivity contribution in [3.05, 3.63) is 42.4 Å². The van der Waals surface area contributed by atoms with E-state index in [0.717, 1.165) is 22.5 Å². The topological polar surface area (TPSA) is 51.0 Å². The average Bonchev–Trinajstić information content (AvgIpc) is 2.83. The molecule has 96 valence electrons. The molecule has 0 bridgehead atoms. The summed E-state index contributed by atoms with van der Waals surface area (Å²) in [5, 5.41) is 4.23. The maximum absolute atomic E-state index is 5.37. The van der Waals surface area contributed by atoms with E-state index in [0.29, 0.717) is 5.71 Å². The Hall–Kier alpha value is -2.01. The second-order valence-corrected chi connectivity index (χ2v) is 5.05. The van der Waals surface area contributed by atoms with Crippen LogP contribution < -0.4 is 5.32 Å². The molecular formula is C14H13N3OS. The van der Waals surface area contributed by atoms with E-state index in [2.05, 4.69) is 33.7 Å². The Balaban J connectivity index is 1.98. The van der Waals surface area contributed by atoms with Crippen LogP contribution >= 0.6 is 11.8 Å². The van der Waals surface area contributed by atoms with Crippen molar-refractivity contribution < 1.29 is 4.42 Å². The average molecular weight is 271 g/mol. The molecule has 0 aliphatic rings. The Morgan fingerprint density at radius 1 is 1.16 bits per heavy atom. The van der Waals surface area contributed by atoms with Crippen molar-refractivity contribution in [1.29, 1.82) is 0 Å². The van der Waals surface area contributed by atoms with Gasteiger partial charge in [0.25, 0.3) is 0 Å². The Morgan fingerprint density at radius 3 is 2.68 bits per heavy atom. The fourth-order valence-corrected chi connectivity index (χ4v) is 2.33. The molecular weight excluding hydrogens is 258 g/mol. The minimum absolute atomic E-state index is 0.607. The monoisotopic (exact) mass is 271 g/mol. The highest BCUT2D eigenvalue weighted by atomic mass is 32.2. The predicted octanol–water partition coefficient (Wildman–Crippen LogP) is 4.00. The van der Waals surface area contributed by atoms with E-state index >= 15 is 0 Å². The van der Waals surface area contributed by atoms with Gasteiger partial charge in [0.05, 0.1) is 11.6 Å². The van der Waals surface area contributed by atoms with Crippen LogP contribution in [0.15, 0.2) is 46.2 Å². The molecule has 19 heavy (non-hydrogen) atoms. The molecule has 0 amide bonds. The van der Waals surface area contributed by atoms with Gasteiger partial charge in [-0.05, 0) is 37.4 Å². The van der Waals surface area contributed by atoms with Gasteiger partial charge in [-0.2, -0.15) is 0 Å². The summed E-state index contributed by atoms with van der Waals surface area (Å²) in [7, 11) is 0. The molecule has 5 heteroatoms. The molecule has 0 fully saturated rings. The van der Waals surface area contributed by atoms with Gasteiger partial charge in [0.2, 0.25) is 5.71 Å². The number of benzene rings is 1. The highest BCUT2D eigenvalue weighted by Gasteiger charge is 2.10. The number of hydrogen-bond acceptors (Lipinski definition) is 5. The number of aryl methyl sites for hydroxylation is 1. The lowest BCUT2D eigenvalue weighted by Crippen LogP contribution is -1.95. The number of thioether (sulfide) groups is 1.